The second-order valence-electron chi connectivity index (χ2n) is 10.8. The number of hydrogen-bond acceptors (Lipinski definition) is 7. The number of aromatic nitrogens is 3. The first-order valence-electron chi connectivity index (χ1n) is 13.2. The number of alkyl carbamates (subject to hydrolysis) is 1. The molecule has 4 aromatic rings. The van der Waals surface area contributed by atoms with Crippen molar-refractivity contribution >= 4 is 17.6 Å². The molecule has 2 aromatic heterocycles. The Hall–Kier alpha value is -4.72. The highest BCUT2D eigenvalue weighted by molar-refractivity contribution is 5.85. The molecule has 3 heterocycles. The predicted molar refractivity (Wildman–Crippen MR) is 150 cm³/mol. The molecule has 9 nitrogen and oxygen atoms in total. The van der Waals surface area contributed by atoms with Gasteiger partial charge in [0.25, 0.3) is 0 Å². The summed E-state index contributed by atoms with van der Waals surface area (Å²) in [5.41, 5.74) is 1.74. The monoisotopic (exact) mass is 560 g/mol. The molecule has 5 rings (SSSR count). The van der Waals surface area contributed by atoms with E-state index >= 15 is 0 Å². The van der Waals surface area contributed by atoms with Gasteiger partial charge in [-0.25, -0.2) is 23.5 Å². The van der Waals surface area contributed by atoms with E-state index in [-0.39, 0.29) is 17.4 Å². The molecule has 0 unspecified atom stereocenters. The van der Waals surface area contributed by atoms with Gasteiger partial charge >= 0.3 is 6.09 Å². The van der Waals surface area contributed by atoms with E-state index in [4.69, 9.17) is 14.5 Å². The first-order chi connectivity index (χ1) is 19.6. The molecule has 0 aliphatic carbocycles. The molecule has 41 heavy (non-hydrogen) atoms. The minimum absolute atomic E-state index is 0.0457. The fourth-order valence-corrected chi connectivity index (χ4v) is 4.94. The molecule has 0 saturated carbocycles. The zero-order valence-electron chi connectivity index (χ0n) is 23.2. The van der Waals surface area contributed by atoms with Gasteiger partial charge in [-0.15, -0.1) is 0 Å². The van der Waals surface area contributed by atoms with Crippen molar-refractivity contribution in [3.8, 4) is 34.3 Å². The first kappa shape index (κ1) is 27.8. The van der Waals surface area contributed by atoms with Crippen molar-refractivity contribution in [3.05, 3.63) is 66.0 Å². The van der Waals surface area contributed by atoms with Gasteiger partial charge in [0.2, 0.25) is 0 Å². The molecule has 212 valence electrons. The maximum absolute atomic E-state index is 14.8. The lowest BCUT2D eigenvalue weighted by atomic mass is 10.0. The van der Waals surface area contributed by atoms with E-state index in [1.165, 1.54) is 31.4 Å². The van der Waals surface area contributed by atoms with Crippen LogP contribution in [-0.2, 0) is 4.74 Å². The van der Waals surface area contributed by atoms with E-state index in [0.717, 1.165) is 0 Å². The van der Waals surface area contributed by atoms with Gasteiger partial charge in [0.05, 0.1) is 24.1 Å². The van der Waals surface area contributed by atoms with Crippen LogP contribution in [0.15, 0.2) is 48.8 Å². The van der Waals surface area contributed by atoms with Crippen molar-refractivity contribution in [2.24, 2.45) is 0 Å². The van der Waals surface area contributed by atoms with E-state index in [1.807, 2.05) is 26.8 Å². The summed E-state index contributed by atoms with van der Waals surface area (Å²) in [5.74, 6) is -0.518. The average Bonchev–Trinajstić information content (AvgIpc) is 3.32. The molecular weight excluding hydrogens is 530 g/mol. The minimum atomic E-state index is -0.674. The summed E-state index contributed by atoms with van der Waals surface area (Å²) < 4.78 is 41.8. The number of anilines is 1. The van der Waals surface area contributed by atoms with Crippen molar-refractivity contribution in [2.75, 3.05) is 25.1 Å². The number of ether oxygens (including phenoxy) is 2. The highest BCUT2D eigenvalue weighted by Gasteiger charge is 2.27. The number of nitrogens with one attached hydrogen (secondary N) is 1. The van der Waals surface area contributed by atoms with Gasteiger partial charge < -0.3 is 19.7 Å². The number of nitrogens with zero attached hydrogens (tertiary/aromatic N) is 5. The van der Waals surface area contributed by atoms with Crippen LogP contribution < -0.4 is 15.0 Å². The van der Waals surface area contributed by atoms with Crippen molar-refractivity contribution in [1.82, 2.24) is 19.7 Å². The Bertz CT molecular complexity index is 1650. The minimum Gasteiger partial charge on any atom is -0.494 e. The maximum Gasteiger partial charge on any atom is 0.407 e. The Morgan fingerprint density at radius 3 is 2.44 bits per heavy atom. The fraction of sp³-hybridized carbons (Fsp3) is 0.333. The Balaban J connectivity index is 1.53. The van der Waals surface area contributed by atoms with E-state index in [0.29, 0.717) is 59.9 Å². The normalized spacial score (nSPS) is 14.1. The Morgan fingerprint density at radius 2 is 1.80 bits per heavy atom. The smallest absolute Gasteiger partial charge is 0.407 e. The van der Waals surface area contributed by atoms with Gasteiger partial charge in [0, 0.05) is 42.7 Å². The van der Waals surface area contributed by atoms with E-state index < -0.39 is 23.3 Å². The van der Waals surface area contributed by atoms with E-state index in [9.17, 15) is 18.8 Å². The van der Waals surface area contributed by atoms with Crippen LogP contribution in [0.5, 0.6) is 5.75 Å². The second-order valence-corrected chi connectivity index (χ2v) is 10.8. The molecule has 0 radical (unpaired) electrons. The predicted octanol–water partition coefficient (Wildman–Crippen LogP) is 5.72. The summed E-state index contributed by atoms with van der Waals surface area (Å²) in [5, 5.41) is 12.1. The Morgan fingerprint density at radius 1 is 1.10 bits per heavy atom. The van der Waals surface area contributed by atoms with Crippen molar-refractivity contribution in [1.29, 1.82) is 5.26 Å². The number of amides is 1. The van der Waals surface area contributed by atoms with Crippen LogP contribution in [0, 0.1) is 23.0 Å². The van der Waals surface area contributed by atoms with Crippen molar-refractivity contribution < 1.29 is 23.0 Å². The number of halogens is 2. The van der Waals surface area contributed by atoms with Gasteiger partial charge in [0.15, 0.2) is 23.0 Å². The number of benzene rings is 2. The third kappa shape index (κ3) is 5.77. The van der Waals surface area contributed by atoms with Crippen LogP contribution in [0.4, 0.5) is 19.4 Å². The lowest BCUT2D eigenvalue weighted by molar-refractivity contribution is 0.0497. The number of methoxy groups -OCH3 is 1. The highest BCUT2D eigenvalue weighted by Crippen LogP contribution is 2.37. The van der Waals surface area contributed by atoms with Crippen LogP contribution in [0.2, 0.25) is 0 Å². The average molecular weight is 561 g/mol. The molecule has 1 saturated heterocycles. The zero-order valence-corrected chi connectivity index (χ0v) is 23.2. The standard InChI is InChI=1S/C30H30F2N6O3/c1-30(2,3)41-29(39)35-21-9-12-37(13-10-21)27-28-36-25(18-5-6-20(17-33)22(31)15-18)26(38(28)14-11-34-27)19-7-8-24(40-4)23(32)16-19/h5-8,11,14-16,21H,9-10,12-13H2,1-4H3,(H,35,39). The number of piperidine rings is 1. The molecule has 2 aromatic carbocycles. The number of nitriles is 1. The SMILES string of the molecule is COc1ccc(-c2c(-c3ccc(C#N)c(F)c3)nc3c(N4CCC(NC(=O)OC(C)(C)C)CC4)nccn23)cc1F. The number of carbonyl (C=O) groups excluding carboxylic acids is 1. The van der Waals surface area contributed by atoms with Gasteiger partial charge in [0.1, 0.15) is 17.5 Å². The van der Waals surface area contributed by atoms with Crippen molar-refractivity contribution in [3.63, 3.8) is 0 Å². The molecule has 0 atom stereocenters. The van der Waals surface area contributed by atoms with Gasteiger partial charge in [-0.3, -0.25) is 4.40 Å². The molecule has 11 heteroatoms. The fourth-order valence-electron chi connectivity index (χ4n) is 4.94. The zero-order chi connectivity index (χ0) is 29.3. The number of rotatable bonds is 5. The Kier molecular flexibility index (Phi) is 7.49. The number of hydrogen-bond donors (Lipinski definition) is 1. The van der Waals surface area contributed by atoms with Crippen LogP contribution >= 0.6 is 0 Å². The number of imidazole rings is 1. The molecule has 0 bridgehead atoms. The van der Waals surface area contributed by atoms with Gasteiger partial charge in [-0.05, 0) is 63.9 Å². The lowest BCUT2D eigenvalue weighted by Crippen LogP contribution is -2.46. The largest absolute Gasteiger partial charge is 0.494 e. The number of fused-ring (bicyclic) bond motifs is 1. The van der Waals surface area contributed by atoms with Crippen LogP contribution in [0.3, 0.4) is 0 Å². The summed E-state index contributed by atoms with van der Waals surface area (Å²) in [6.07, 6.45) is 4.27. The van der Waals surface area contributed by atoms with E-state index in [2.05, 4.69) is 15.2 Å². The first-order valence-corrected chi connectivity index (χ1v) is 13.2. The topological polar surface area (TPSA) is 105 Å². The number of carbonyl (C=O) groups is 1. The van der Waals surface area contributed by atoms with Crippen molar-refractivity contribution in [2.45, 2.75) is 45.3 Å². The molecule has 1 N–H and O–H groups in total. The highest BCUT2D eigenvalue weighted by atomic mass is 19.1. The molecule has 0 spiro atoms. The molecule has 1 aliphatic heterocycles. The third-order valence-corrected chi connectivity index (χ3v) is 6.83. The molecular formula is C30H30F2N6O3. The summed E-state index contributed by atoms with van der Waals surface area (Å²) in [6.45, 7) is 6.67. The van der Waals surface area contributed by atoms with E-state index in [1.54, 1.807) is 28.9 Å². The van der Waals surface area contributed by atoms with Gasteiger partial charge in [-0.1, -0.05) is 6.07 Å². The summed E-state index contributed by atoms with van der Waals surface area (Å²) >= 11 is 0. The summed E-state index contributed by atoms with van der Waals surface area (Å²) in [4.78, 5) is 23.8. The van der Waals surface area contributed by atoms with Crippen LogP contribution in [0.1, 0.15) is 39.2 Å². The molecule has 1 amide bonds. The summed E-state index contributed by atoms with van der Waals surface area (Å²) in [7, 11) is 1.39. The Labute approximate surface area is 236 Å². The maximum atomic E-state index is 14.8. The van der Waals surface area contributed by atoms with Gasteiger partial charge in [-0.2, -0.15) is 5.26 Å². The second kappa shape index (κ2) is 11.0. The molecule has 1 fully saturated rings. The third-order valence-electron chi connectivity index (χ3n) is 6.83. The van der Waals surface area contributed by atoms with Crippen LogP contribution in [-0.4, -0.2) is 52.3 Å². The van der Waals surface area contributed by atoms with Crippen LogP contribution in [0.25, 0.3) is 28.2 Å². The quantitative estimate of drug-likeness (QED) is 0.333. The molecule has 1 aliphatic rings. The lowest BCUT2D eigenvalue weighted by Gasteiger charge is -2.33. The summed E-state index contributed by atoms with van der Waals surface area (Å²) in [6, 6.07) is 10.6.